The molecule has 2 aliphatic rings. The Morgan fingerprint density at radius 2 is 2.03 bits per heavy atom. The fourth-order valence-electron chi connectivity index (χ4n) is 4.15. The number of methoxy groups -OCH3 is 1. The fourth-order valence-corrected chi connectivity index (χ4v) is 4.93. The molecule has 9 nitrogen and oxygen atoms in total. The quantitative estimate of drug-likeness (QED) is 0.395. The molecule has 1 fully saturated rings. The van der Waals surface area contributed by atoms with Gasteiger partial charge in [0.25, 0.3) is 0 Å². The van der Waals surface area contributed by atoms with Crippen LogP contribution in [0.1, 0.15) is 37.7 Å². The van der Waals surface area contributed by atoms with Gasteiger partial charge in [0.1, 0.15) is 5.52 Å². The minimum absolute atomic E-state index is 0.106. The molecule has 0 saturated heterocycles. The van der Waals surface area contributed by atoms with E-state index < -0.39 is 6.09 Å². The average Bonchev–Trinajstić information content (AvgIpc) is 2.88. The van der Waals surface area contributed by atoms with Crippen molar-refractivity contribution in [2.24, 2.45) is 0 Å². The van der Waals surface area contributed by atoms with Gasteiger partial charge in [-0.1, -0.05) is 25.3 Å². The number of amides is 2. The number of thioether (sulfide) groups is 1. The Morgan fingerprint density at radius 3 is 2.80 bits per heavy atom. The van der Waals surface area contributed by atoms with Crippen molar-refractivity contribution >= 4 is 46.2 Å². The fraction of sp³-hybridized carbons (Fsp3) is 0.360. The van der Waals surface area contributed by atoms with E-state index in [1.165, 1.54) is 55.9 Å². The number of pyridine rings is 2. The molecule has 2 aromatic heterocycles. The molecular weight excluding hydrogens is 466 g/mol. The third kappa shape index (κ3) is 6.83. The third-order valence-electron chi connectivity index (χ3n) is 5.89. The lowest BCUT2D eigenvalue weighted by Gasteiger charge is -2.23. The lowest BCUT2D eigenvalue weighted by Crippen LogP contribution is -2.30. The highest BCUT2D eigenvalue weighted by Crippen LogP contribution is 2.32. The summed E-state index contributed by atoms with van der Waals surface area (Å²) >= 11 is 1.62. The first-order chi connectivity index (χ1) is 17.0. The van der Waals surface area contributed by atoms with Crippen molar-refractivity contribution in [3.8, 4) is 5.88 Å². The van der Waals surface area contributed by atoms with E-state index in [1.54, 1.807) is 30.0 Å². The second kappa shape index (κ2) is 11.9. The number of fused-ring (bicyclic) bond motifs is 2. The van der Waals surface area contributed by atoms with Crippen molar-refractivity contribution in [2.75, 3.05) is 23.5 Å². The number of nitrogens with one attached hydrogen (secondary N) is 3. The standard InChI is InChI=1S/C15H20N2OS.C10H9N3O3/c18-15-10-19-14-7-6-11(8-13(14)17-15)9-16-12-4-2-1-3-5-12;1-16-8-3-2-6-9(13-8)7(4-5-11-6)12-10(14)15/h6-8,12,16H,1-5,9-10H2,(H,17,18);2-5H,1H3,(H,11,12)(H,14,15). The minimum atomic E-state index is -1.14. The molecule has 3 heterocycles. The number of carboxylic acid groups (broad SMARTS) is 1. The highest BCUT2D eigenvalue weighted by Gasteiger charge is 2.16. The third-order valence-corrected chi connectivity index (χ3v) is 6.96. The molecule has 1 saturated carbocycles. The topological polar surface area (TPSA) is 125 Å². The molecule has 0 radical (unpaired) electrons. The molecule has 10 heteroatoms. The number of ether oxygens (including phenoxy) is 1. The predicted molar refractivity (Wildman–Crippen MR) is 137 cm³/mol. The zero-order valence-corrected chi connectivity index (χ0v) is 20.4. The van der Waals surface area contributed by atoms with Crippen LogP contribution in [0, 0.1) is 0 Å². The van der Waals surface area contributed by atoms with Gasteiger partial charge in [-0.15, -0.1) is 11.8 Å². The zero-order chi connectivity index (χ0) is 24.6. The van der Waals surface area contributed by atoms with Crippen LogP contribution in [-0.4, -0.2) is 46.0 Å². The van der Waals surface area contributed by atoms with Gasteiger partial charge >= 0.3 is 6.09 Å². The van der Waals surface area contributed by atoms with Crippen molar-refractivity contribution in [3.63, 3.8) is 0 Å². The number of hydrogen-bond donors (Lipinski definition) is 4. The second-order valence-corrected chi connectivity index (χ2v) is 9.41. The summed E-state index contributed by atoms with van der Waals surface area (Å²) < 4.78 is 4.97. The van der Waals surface area contributed by atoms with Crippen molar-refractivity contribution in [1.29, 1.82) is 0 Å². The molecule has 35 heavy (non-hydrogen) atoms. The van der Waals surface area contributed by atoms with Crippen LogP contribution in [0.4, 0.5) is 16.2 Å². The van der Waals surface area contributed by atoms with Crippen molar-refractivity contribution < 1.29 is 19.4 Å². The first kappa shape index (κ1) is 24.7. The molecule has 1 aliphatic carbocycles. The summed E-state index contributed by atoms with van der Waals surface area (Å²) in [6, 6.07) is 12.0. The van der Waals surface area contributed by atoms with E-state index in [0.29, 0.717) is 34.4 Å². The predicted octanol–water partition coefficient (Wildman–Crippen LogP) is 4.88. The van der Waals surface area contributed by atoms with E-state index in [0.717, 1.165) is 12.2 Å². The van der Waals surface area contributed by atoms with E-state index in [4.69, 9.17) is 9.84 Å². The summed E-state index contributed by atoms with van der Waals surface area (Å²) in [7, 11) is 1.49. The highest BCUT2D eigenvalue weighted by molar-refractivity contribution is 8.00. The first-order valence-electron chi connectivity index (χ1n) is 11.6. The number of benzene rings is 1. The molecule has 2 amide bonds. The van der Waals surface area contributed by atoms with Crippen molar-refractivity contribution in [3.05, 3.63) is 48.2 Å². The van der Waals surface area contributed by atoms with Gasteiger partial charge in [-0.2, -0.15) is 0 Å². The zero-order valence-electron chi connectivity index (χ0n) is 19.5. The Morgan fingerprint density at radius 1 is 1.20 bits per heavy atom. The molecule has 0 bridgehead atoms. The van der Waals surface area contributed by atoms with E-state index in [1.807, 2.05) is 0 Å². The molecule has 1 aromatic carbocycles. The van der Waals surface area contributed by atoms with E-state index in [-0.39, 0.29) is 5.91 Å². The maximum absolute atomic E-state index is 11.4. The van der Waals surface area contributed by atoms with Gasteiger partial charge in [-0.05, 0) is 42.7 Å². The van der Waals surface area contributed by atoms with Crippen molar-refractivity contribution in [1.82, 2.24) is 15.3 Å². The molecule has 3 aromatic rings. The van der Waals surface area contributed by atoms with Gasteiger partial charge in [0.2, 0.25) is 11.8 Å². The Hall–Kier alpha value is -3.37. The summed E-state index contributed by atoms with van der Waals surface area (Å²) in [5.74, 6) is 1.05. The van der Waals surface area contributed by atoms with Crippen LogP contribution in [-0.2, 0) is 11.3 Å². The van der Waals surface area contributed by atoms with Crippen LogP contribution in [0.2, 0.25) is 0 Å². The summed E-state index contributed by atoms with van der Waals surface area (Å²) in [6.45, 7) is 0.901. The van der Waals surface area contributed by atoms with Crippen molar-refractivity contribution in [2.45, 2.75) is 49.6 Å². The van der Waals surface area contributed by atoms with Crippen LogP contribution in [0.15, 0.2) is 47.5 Å². The molecule has 184 valence electrons. The molecular formula is C25H29N5O4S. The van der Waals surface area contributed by atoms with Crippen LogP contribution < -0.4 is 20.7 Å². The molecule has 0 spiro atoms. The number of carbonyl (C=O) groups excluding carboxylic acids is 1. The Kier molecular flexibility index (Phi) is 8.38. The van der Waals surface area contributed by atoms with Crippen LogP contribution >= 0.6 is 11.8 Å². The number of rotatable bonds is 5. The minimum Gasteiger partial charge on any atom is -0.481 e. The van der Waals surface area contributed by atoms with Gasteiger partial charge in [0.05, 0.1) is 29.8 Å². The van der Waals surface area contributed by atoms with Gasteiger partial charge in [-0.3, -0.25) is 15.1 Å². The largest absolute Gasteiger partial charge is 0.481 e. The highest BCUT2D eigenvalue weighted by atomic mass is 32.2. The van der Waals surface area contributed by atoms with Gasteiger partial charge < -0.3 is 20.5 Å². The Balaban J connectivity index is 0.000000168. The van der Waals surface area contributed by atoms with Gasteiger partial charge in [0, 0.05) is 29.7 Å². The maximum atomic E-state index is 11.4. The number of aromatic nitrogens is 2. The number of carbonyl (C=O) groups is 2. The van der Waals surface area contributed by atoms with E-state index >= 15 is 0 Å². The SMILES string of the molecule is COc1ccc2nccc(NC(=O)O)c2n1.O=C1CSc2ccc(CNC3CCCCC3)cc2N1. The van der Waals surface area contributed by atoms with E-state index in [9.17, 15) is 9.59 Å². The van der Waals surface area contributed by atoms with E-state index in [2.05, 4.69) is 44.1 Å². The lowest BCUT2D eigenvalue weighted by molar-refractivity contribution is -0.113. The van der Waals surface area contributed by atoms with Gasteiger partial charge in [0.15, 0.2) is 0 Å². The molecule has 1 aliphatic heterocycles. The average molecular weight is 496 g/mol. The first-order valence-corrected chi connectivity index (χ1v) is 12.6. The Bertz CT molecular complexity index is 1200. The lowest BCUT2D eigenvalue weighted by atomic mass is 9.95. The van der Waals surface area contributed by atoms with Crippen LogP contribution in [0.3, 0.4) is 0 Å². The summed E-state index contributed by atoms with van der Waals surface area (Å²) in [5, 5.41) is 17.5. The summed E-state index contributed by atoms with van der Waals surface area (Å²) in [4.78, 5) is 31.4. The summed E-state index contributed by atoms with van der Waals surface area (Å²) in [6.07, 6.45) is 7.08. The van der Waals surface area contributed by atoms with Crippen LogP contribution in [0.5, 0.6) is 5.88 Å². The number of nitrogens with zero attached hydrogens (tertiary/aromatic N) is 2. The number of anilines is 2. The molecule has 0 atom stereocenters. The van der Waals surface area contributed by atoms with Crippen LogP contribution in [0.25, 0.3) is 11.0 Å². The normalized spacial score (nSPS) is 15.4. The molecule has 5 rings (SSSR count). The summed E-state index contributed by atoms with van der Waals surface area (Å²) in [5.41, 5.74) is 3.68. The molecule has 4 N–H and O–H groups in total. The monoisotopic (exact) mass is 495 g/mol. The maximum Gasteiger partial charge on any atom is 0.409 e. The smallest absolute Gasteiger partial charge is 0.409 e. The van der Waals surface area contributed by atoms with Gasteiger partial charge in [-0.25, -0.2) is 9.78 Å². The molecule has 0 unspecified atom stereocenters. The second-order valence-electron chi connectivity index (χ2n) is 8.39. The number of hydrogen-bond acceptors (Lipinski definition) is 7. The Labute approximate surface area is 208 Å².